The maximum Gasteiger partial charge on any atom is 0.460 e. The molecule has 0 amide bonds. The first-order valence-electron chi connectivity index (χ1n) is 7.07. The third-order valence-corrected chi connectivity index (χ3v) is 11.5. The molecule has 0 saturated heterocycles. The highest BCUT2D eigenvalue weighted by Crippen LogP contribution is 2.61. The van der Waals surface area contributed by atoms with Gasteiger partial charge in [0.2, 0.25) is 2.99 Å². The van der Waals surface area contributed by atoms with Crippen LogP contribution in [0.5, 0.6) is 0 Å². The molecule has 212 valence electrons. The first kappa shape index (κ1) is 34.1. The molecule has 0 bridgehead atoms. The van der Waals surface area contributed by atoms with Gasteiger partial charge in [-0.2, -0.15) is 79.0 Å². The highest BCUT2D eigenvalue weighted by atomic mass is 79.9. The number of sulfone groups is 2. The third-order valence-electron chi connectivity index (χ3n) is 3.87. The molecule has 0 unspecified atom stereocenters. The van der Waals surface area contributed by atoms with Crippen molar-refractivity contribution in [3.8, 4) is 0 Å². The molecule has 25 heteroatoms. The number of hydrogen-bond donors (Lipinski definition) is 0. The molecule has 0 heterocycles. The lowest BCUT2D eigenvalue weighted by molar-refractivity contribution is -0.382. The van der Waals surface area contributed by atoms with Crippen LogP contribution in [0, 0.1) is 0 Å². The summed E-state index contributed by atoms with van der Waals surface area (Å²) in [4.78, 5) is 0. The largest absolute Gasteiger partial charge is 0.460 e. The maximum absolute atomic E-state index is 13.8. The minimum absolute atomic E-state index is 0.661. The molecule has 0 fully saturated rings. The summed E-state index contributed by atoms with van der Waals surface area (Å²) in [5.41, 5.74) is 0. The molecular formula is C10H3BrF18O4S2. The van der Waals surface area contributed by atoms with Crippen molar-refractivity contribution in [3.05, 3.63) is 0 Å². The zero-order valence-corrected chi connectivity index (χ0v) is 18.3. The minimum atomic E-state index is -8.70. The fraction of sp³-hybridized carbons (Fsp3) is 1.00. The smallest absolute Gasteiger partial charge is 0.220 e. The molecule has 4 nitrogen and oxygen atoms in total. The molecule has 0 spiro atoms. The van der Waals surface area contributed by atoms with E-state index in [1.165, 1.54) is 0 Å². The van der Waals surface area contributed by atoms with Crippen LogP contribution >= 0.6 is 15.9 Å². The molecule has 0 rings (SSSR count). The summed E-state index contributed by atoms with van der Waals surface area (Å²) >= 11 is 0.661. The van der Waals surface area contributed by atoms with Crippen molar-refractivity contribution in [2.75, 3.05) is 0 Å². The topological polar surface area (TPSA) is 68.3 Å². The maximum atomic E-state index is 13.8. The summed E-state index contributed by atoms with van der Waals surface area (Å²) < 4.78 is 273. The number of halogens is 19. The Bertz CT molecular complexity index is 954. The molecule has 0 aromatic rings. The van der Waals surface area contributed by atoms with Crippen molar-refractivity contribution in [1.82, 2.24) is 0 Å². The standard InChI is InChI=1S/C10H3BrF18O4S2/c1-2(11,34(30,31)9(26,27)5(16,17)3(12,13)7(20,21)22)35(32,33)10(28,29)6(18,19)4(14,15)8(23,24)25/h1H3. The Morgan fingerprint density at radius 1 is 0.429 bits per heavy atom. The van der Waals surface area contributed by atoms with Crippen molar-refractivity contribution >= 4 is 35.6 Å². The van der Waals surface area contributed by atoms with Gasteiger partial charge in [-0.15, -0.1) is 0 Å². The highest BCUT2D eigenvalue weighted by Gasteiger charge is 2.91. The van der Waals surface area contributed by atoms with Gasteiger partial charge in [-0.25, -0.2) is 16.8 Å². The van der Waals surface area contributed by atoms with Crippen molar-refractivity contribution < 1.29 is 95.9 Å². The second kappa shape index (κ2) is 8.06. The zero-order valence-electron chi connectivity index (χ0n) is 15.1. The molecule has 0 aliphatic carbocycles. The van der Waals surface area contributed by atoms with Crippen molar-refractivity contribution in [1.29, 1.82) is 0 Å². The van der Waals surface area contributed by atoms with Crippen molar-refractivity contribution in [2.24, 2.45) is 0 Å². The monoisotopic (exact) mass is 672 g/mol. The van der Waals surface area contributed by atoms with Gasteiger partial charge < -0.3 is 0 Å². The first-order chi connectivity index (χ1) is 14.5. The lowest BCUT2D eigenvalue weighted by Crippen LogP contribution is -2.69. The van der Waals surface area contributed by atoms with E-state index >= 15 is 0 Å². The zero-order chi connectivity index (χ0) is 29.5. The molecular weight excluding hydrogens is 670 g/mol. The van der Waals surface area contributed by atoms with E-state index < -0.39 is 76.1 Å². The summed E-state index contributed by atoms with van der Waals surface area (Å²) in [6, 6.07) is 0. The molecule has 0 aromatic carbocycles. The Balaban J connectivity index is 7.30. The highest BCUT2D eigenvalue weighted by molar-refractivity contribution is 9.13. The predicted octanol–water partition coefficient (Wildman–Crippen LogP) is 5.74. The Kier molecular flexibility index (Phi) is 7.86. The molecule has 0 aliphatic rings. The van der Waals surface area contributed by atoms with Crippen LogP contribution in [0.4, 0.5) is 79.0 Å². The summed E-state index contributed by atoms with van der Waals surface area (Å²) in [5, 5.41) is -16.3. The van der Waals surface area contributed by atoms with Gasteiger partial charge in [0.15, 0.2) is 0 Å². The van der Waals surface area contributed by atoms with Crippen LogP contribution in [0.2, 0.25) is 0 Å². The summed E-state index contributed by atoms with van der Waals surface area (Å²) in [6.45, 7) is -1.36. The van der Waals surface area contributed by atoms with Crippen LogP contribution in [0.1, 0.15) is 6.92 Å². The van der Waals surface area contributed by atoms with E-state index in [-0.39, 0.29) is 0 Å². The Morgan fingerprint density at radius 2 is 0.600 bits per heavy atom. The van der Waals surface area contributed by atoms with E-state index in [4.69, 9.17) is 0 Å². The second-order valence-electron chi connectivity index (χ2n) is 6.17. The van der Waals surface area contributed by atoms with Gasteiger partial charge in [0.25, 0.3) is 19.7 Å². The Labute approximate surface area is 188 Å². The van der Waals surface area contributed by atoms with Crippen molar-refractivity contribution in [2.45, 2.75) is 56.5 Å². The quantitative estimate of drug-likeness (QED) is 0.244. The average Bonchev–Trinajstić information content (AvgIpc) is 2.58. The summed E-state index contributed by atoms with van der Waals surface area (Å²) in [6.07, 6.45) is -15.6. The Morgan fingerprint density at radius 3 is 0.743 bits per heavy atom. The van der Waals surface area contributed by atoms with Crippen LogP contribution in [-0.2, 0) is 19.7 Å². The van der Waals surface area contributed by atoms with Crippen LogP contribution < -0.4 is 0 Å². The van der Waals surface area contributed by atoms with E-state index in [1.54, 1.807) is 0 Å². The van der Waals surface area contributed by atoms with Crippen LogP contribution in [0.15, 0.2) is 0 Å². The van der Waals surface area contributed by atoms with E-state index in [0.29, 0.717) is 15.9 Å². The number of rotatable bonds is 8. The van der Waals surface area contributed by atoms with Crippen molar-refractivity contribution in [3.63, 3.8) is 0 Å². The Hall–Kier alpha value is -0.880. The molecule has 0 N–H and O–H groups in total. The fourth-order valence-electron chi connectivity index (χ4n) is 1.66. The molecule has 35 heavy (non-hydrogen) atoms. The van der Waals surface area contributed by atoms with Crippen LogP contribution in [0.25, 0.3) is 0 Å². The van der Waals surface area contributed by atoms with Gasteiger partial charge in [-0.1, -0.05) is 0 Å². The van der Waals surface area contributed by atoms with E-state index in [1.807, 2.05) is 0 Å². The molecule has 0 aromatic heterocycles. The van der Waals surface area contributed by atoms with Gasteiger partial charge in [0, 0.05) is 0 Å². The van der Waals surface area contributed by atoms with Gasteiger partial charge in [-0.3, -0.25) is 0 Å². The van der Waals surface area contributed by atoms with E-state index in [9.17, 15) is 95.9 Å². The summed E-state index contributed by atoms with van der Waals surface area (Å²) in [7, 11) is -17.4. The molecule has 0 saturated carbocycles. The first-order valence-corrected chi connectivity index (χ1v) is 10.8. The normalized spacial score (nSPS) is 17.0. The van der Waals surface area contributed by atoms with Gasteiger partial charge >= 0.3 is 46.6 Å². The van der Waals surface area contributed by atoms with E-state index in [0.717, 1.165) is 0 Å². The van der Waals surface area contributed by atoms with Gasteiger partial charge in [0.05, 0.1) is 0 Å². The van der Waals surface area contributed by atoms with E-state index in [2.05, 4.69) is 0 Å². The average molecular weight is 673 g/mol. The van der Waals surface area contributed by atoms with Crippen LogP contribution in [0.3, 0.4) is 0 Å². The molecule has 0 atom stereocenters. The summed E-state index contributed by atoms with van der Waals surface area (Å²) in [5.74, 6) is -32.9. The van der Waals surface area contributed by atoms with Gasteiger partial charge in [-0.05, 0) is 22.9 Å². The number of alkyl halides is 19. The lowest BCUT2D eigenvalue weighted by Gasteiger charge is -2.39. The third kappa shape index (κ3) is 4.04. The van der Waals surface area contributed by atoms with Crippen LogP contribution in [-0.4, -0.2) is 66.4 Å². The SMILES string of the molecule is CC(Br)(S(=O)(=O)C(F)(F)C(F)(F)C(F)(F)C(F)(F)F)S(=O)(=O)C(F)(F)C(F)(F)C(F)(F)C(F)(F)F. The lowest BCUT2D eigenvalue weighted by atomic mass is 10.1. The minimum Gasteiger partial charge on any atom is -0.220 e. The van der Waals surface area contributed by atoms with Gasteiger partial charge in [0.1, 0.15) is 0 Å². The number of hydrogen-bond acceptors (Lipinski definition) is 4. The molecule has 0 radical (unpaired) electrons. The fourth-order valence-corrected chi connectivity index (χ4v) is 6.51. The predicted molar refractivity (Wildman–Crippen MR) is 77.0 cm³/mol. The second-order valence-corrected chi connectivity index (χ2v) is 13.7. The molecule has 0 aliphatic heterocycles.